The number of aromatic amines is 1. The zero-order chi connectivity index (χ0) is 15.9. The van der Waals surface area contributed by atoms with E-state index in [2.05, 4.69) is 25.0 Å². The summed E-state index contributed by atoms with van der Waals surface area (Å²) < 4.78 is 6.51. The molecule has 5 N–H and O–H groups in total. The first-order valence-electron chi connectivity index (χ1n) is 6.27. The number of H-pyrrole nitrogens is 1. The molecule has 0 aromatic carbocycles. The molecule has 0 amide bonds. The highest BCUT2D eigenvalue weighted by molar-refractivity contribution is 5.81. The second kappa shape index (κ2) is 5.27. The number of nitrogens with two attached hydrogens (primary N) is 1. The standard InChI is InChI=1S/C10H12N8O4/c11-7-5-8(14-2-13-7)18(10(21)15-5)9-4(16-17-12)6(20)3(1-19)22-9/h2-4,6,9,19-20H,1H2,(H,15,21)(H2,11,13,14)/t3-,4-,6-,9-/m1/s1. The molecule has 1 fully saturated rings. The highest BCUT2D eigenvalue weighted by atomic mass is 16.5. The molecule has 0 bridgehead atoms. The number of hydrogen-bond donors (Lipinski definition) is 4. The molecule has 12 nitrogen and oxygen atoms in total. The number of nitrogen functional groups attached to an aromatic ring is 1. The molecule has 12 heteroatoms. The van der Waals surface area contributed by atoms with Crippen molar-refractivity contribution in [3.8, 4) is 0 Å². The average Bonchev–Trinajstić information content (AvgIpc) is 2.98. The van der Waals surface area contributed by atoms with Crippen LogP contribution in [0.15, 0.2) is 16.2 Å². The topological polar surface area (TPSA) is 188 Å². The van der Waals surface area contributed by atoms with E-state index in [0.29, 0.717) is 0 Å². The van der Waals surface area contributed by atoms with Crippen LogP contribution in [0.25, 0.3) is 21.6 Å². The molecule has 0 aliphatic carbocycles. The third-order valence-corrected chi connectivity index (χ3v) is 3.49. The second-order valence-corrected chi connectivity index (χ2v) is 4.69. The number of imidazole rings is 1. The molecule has 3 heterocycles. The summed E-state index contributed by atoms with van der Waals surface area (Å²) in [5.41, 5.74) is 14.0. The van der Waals surface area contributed by atoms with Crippen LogP contribution in [0.5, 0.6) is 0 Å². The number of aliphatic hydroxyl groups is 2. The first-order valence-corrected chi connectivity index (χ1v) is 6.27. The van der Waals surface area contributed by atoms with E-state index in [1.807, 2.05) is 0 Å². The molecule has 0 spiro atoms. The summed E-state index contributed by atoms with van der Waals surface area (Å²) in [6.07, 6.45) is -2.21. The number of nitrogens with one attached hydrogen (secondary N) is 1. The monoisotopic (exact) mass is 308 g/mol. The van der Waals surface area contributed by atoms with Gasteiger partial charge in [-0.15, -0.1) is 0 Å². The van der Waals surface area contributed by atoms with Gasteiger partial charge in [0.25, 0.3) is 0 Å². The van der Waals surface area contributed by atoms with Crippen molar-refractivity contribution in [1.29, 1.82) is 0 Å². The number of azide groups is 1. The van der Waals surface area contributed by atoms with Crippen LogP contribution in [-0.2, 0) is 4.74 Å². The number of rotatable bonds is 3. The fourth-order valence-electron chi connectivity index (χ4n) is 2.47. The van der Waals surface area contributed by atoms with Crippen molar-refractivity contribution < 1.29 is 14.9 Å². The largest absolute Gasteiger partial charge is 0.394 e. The third kappa shape index (κ3) is 1.98. The van der Waals surface area contributed by atoms with Crippen molar-refractivity contribution in [2.75, 3.05) is 12.3 Å². The summed E-state index contributed by atoms with van der Waals surface area (Å²) in [5.74, 6) is 0.0680. The highest BCUT2D eigenvalue weighted by Gasteiger charge is 2.45. The van der Waals surface area contributed by atoms with Crippen LogP contribution < -0.4 is 11.4 Å². The molecule has 4 atom stereocenters. The maximum atomic E-state index is 12.2. The van der Waals surface area contributed by atoms with E-state index in [1.165, 1.54) is 6.33 Å². The van der Waals surface area contributed by atoms with Crippen molar-refractivity contribution in [3.63, 3.8) is 0 Å². The molecule has 1 aliphatic heterocycles. The number of hydrogen-bond acceptors (Lipinski definition) is 8. The van der Waals surface area contributed by atoms with Crippen molar-refractivity contribution in [2.45, 2.75) is 24.5 Å². The first-order chi connectivity index (χ1) is 10.6. The molecule has 2 aromatic rings. The van der Waals surface area contributed by atoms with Gasteiger partial charge in [-0.05, 0) is 5.53 Å². The quantitative estimate of drug-likeness (QED) is 0.305. The number of ether oxygens (including phenoxy) is 1. The lowest BCUT2D eigenvalue weighted by Gasteiger charge is -2.16. The van der Waals surface area contributed by atoms with Gasteiger partial charge < -0.3 is 25.7 Å². The Labute approximate surface area is 121 Å². The van der Waals surface area contributed by atoms with Gasteiger partial charge in [0, 0.05) is 4.91 Å². The van der Waals surface area contributed by atoms with E-state index >= 15 is 0 Å². The molecule has 116 valence electrons. The lowest BCUT2D eigenvalue weighted by Crippen LogP contribution is -2.33. The van der Waals surface area contributed by atoms with E-state index < -0.39 is 36.8 Å². The molecule has 2 aromatic heterocycles. The fourth-order valence-corrected chi connectivity index (χ4v) is 2.47. The Hall–Kier alpha value is -2.66. The summed E-state index contributed by atoms with van der Waals surface area (Å²) in [5, 5.41) is 22.7. The van der Waals surface area contributed by atoms with Crippen LogP contribution >= 0.6 is 0 Å². The van der Waals surface area contributed by atoms with Gasteiger partial charge in [0.1, 0.15) is 24.0 Å². The lowest BCUT2D eigenvalue weighted by molar-refractivity contribution is -0.0446. The SMILES string of the molecule is [N-]=[N+]=N[C@@H]1[C@H](O)[C@@H](CO)O[C@H]1n1c(=O)[nH]c2c(N)ncnc21. The van der Waals surface area contributed by atoms with Gasteiger partial charge in [-0.2, -0.15) is 0 Å². The zero-order valence-corrected chi connectivity index (χ0v) is 11.1. The van der Waals surface area contributed by atoms with Gasteiger partial charge in [0.2, 0.25) is 0 Å². The van der Waals surface area contributed by atoms with E-state index in [-0.39, 0.29) is 17.0 Å². The van der Waals surface area contributed by atoms with Gasteiger partial charge in [-0.3, -0.25) is 0 Å². The van der Waals surface area contributed by atoms with Crippen LogP contribution in [0.2, 0.25) is 0 Å². The number of fused-ring (bicyclic) bond motifs is 1. The van der Waals surface area contributed by atoms with Crippen LogP contribution in [0, 0.1) is 0 Å². The van der Waals surface area contributed by atoms with Gasteiger partial charge in [0.15, 0.2) is 17.7 Å². The van der Waals surface area contributed by atoms with Crippen molar-refractivity contribution >= 4 is 17.0 Å². The number of nitrogens with zero attached hydrogens (tertiary/aromatic N) is 6. The summed E-state index contributed by atoms with van der Waals surface area (Å²) in [4.78, 5) is 25.0. The minimum atomic E-state index is -1.26. The summed E-state index contributed by atoms with van der Waals surface area (Å²) in [7, 11) is 0. The molecule has 0 radical (unpaired) electrons. The van der Waals surface area contributed by atoms with Gasteiger partial charge in [-0.1, -0.05) is 5.11 Å². The maximum Gasteiger partial charge on any atom is 0.329 e. The van der Waals surface area contributed by atoms with Gasteiger partial charge in [-0.25, -0.2) is 19.3 Å². The lowest BCUT2D eigenvalue weighted by atomic mass is 10.1. The highest BCUT2D eigenvalue weighted by Crippen LogP contribution is 2.32. The normalized spacial score (nSPS) is 27.9. The van der Waals surface area contributed by atoms with E-state index in [9.17, 15) is 15.0 Å². The van der Waals surface area contributed by atoms with Crippen LogP contribution in [0.3, 0.4) is 0 Å². The minimum Gasteiger partial charge on any atom is -0.394 e. The molecular weight excluding hydrogens is 296 g/mol. The fraction of sp³-hybridized carbons (Fsp3) is 0.500. The molecule has 1 saturated heterocycles. The van der Waals surface area contributed by atoms with Gasteiger partial charge >= 0.3 is 5.69 Å². The summed E-state index contributed by atoms with van der Waals surface area (Å²) in [6, 6.07) is -1.10. The van der Waals surface area contributed by atoms with Crippen LogP contribution in [0.1, 0.15) is 6.23 Å². The van der Waals surface area contributed by atoms with Crippen molar-refractivity contribution in [1.82, 2.24) is 19.5 Å². The maximum absolute atomic E-state index is 12.2. The molecule has 0 saturated carbocycles. The Morgan fingerprint density at radius 3 is 3.05 bits per heavy atom. The van der Waals surface area contributed by atoms with Crippen LogP contribution in [-0.4, -0.2) is 54.6 Å². The Bertz CT molecular complexity index is 809. The van der Waals surface area contributed by atoms with Crippen LogP contribution in [0.4, 0.5) is 5.82 Å². The van der Waals surface area contributed by atoms with E-state index in [4.69, 9.17) is 16.0 Å². The average molecular weight is 308 g/mol. The molecule has 3 rings (SSSR count). The van der Waals surface area contributed by atoms with Crippen molar-refractivity contribution in [3.05, 3.63) is 27.3 Å². The molecule has 0 unspecified atom stereocenters. The van der Waals surface area contributed by atoms with Gasteiger partial charge in [0.05, 0.1) is 12.7 Å². The smallest absolute Gasteiger partial charge is 0.329 e. The zero-order valence-electron chi connectivity index (χ0n) is 11.1. The number of aromatic nitrogens is 4. The summed E-state index contributed by atoms with van der Waals surface area (Å²) in [6.45, 7) is -0.497. The Kier molecular flexibility index (Phi) is 3.42. The Morgan fingerprint density at radius 1 is 1.59 bits per heavy atom. The number of aliphatic hydroxyl groups excluding tert-OH is 2. The molecule has 1 aliphatic rings. The molecular formula is C10H12N8O4. The minimum absolute atomic E-state index is 0.0680. The summed E-state index contributed by atoms with van der Waals surface area (Å²) >= 11 is 0. The number of anilines is 1. The first kappa shape index (κ1) is 14.3. The Balaban J connectivity index is 2.18. The second-order valence-electron chi connectivity index (χ2n) is 4.69. The van der Waals surface area contributed by atoms with E-state index in [1.54, 1.807) is 0 Å². The predicted molar refractivity (Wildman–Crippen MR) is 72.5 cm³/mol. The molecule has 22 heavy (non-hydrogen) atoms. The van der Waals surface area contributed by atoms with Crippen molar-refractivity contribution in [2.24, 2.45) is 5.11 Å². The Morgan fingerprint density at radius 2 is 2.36 bits per heavy atom. The predicted octanol–water partition coefficient (Wildman–Crippen LogP) is -1.37. The third-order valence-electron chi connectivity index (χ3n) is 3.49. The van der Waals surface area contributed by atoms with E-state index in [0.717, 1.165) is 4.57 Å².